The molecule has 3 rings (SSSR count). The molecule has 1 aromatic rings. The normalized spacial score (nSPS) is 28.0. The number of fused-ring (bicyclic) bond motifs is 1. The van der Waals surface area contributed by atoms with Gasteiger partial charge >= 0.3 is 5.97 Å². The lowest BCUT2D eigenvalue weighted by atomic mass is 9.94. The van der Waals surface area contributed by atoms with Crippen LogP contribution in [0.3, 0.4) is 0 Å². The molecular formula is C20H24O3. The molecule has 2 fully saturated rings. The van der Waals surface area contributed by atoms with Crippen molar-refractivity contribution >= 4 is 11.8 Å². The van der Waals surface area contributed by atoms with Gasteiger partial charge in [-0.1, -0.05) is 32.8 Å². The smallest absolute Gasteiger partial charge is 0.314 e. The van der Waals surface area contributed by atoms with Crippen molar-refractivity contribution in [2.75, 3.05) is 0 Å². The second kappa shape index (κ2) is 6.69. The summed E-state index contributed by atoms with van der Waals surface area (Å²) in [5.41, 5.74) is 0.557. The third-order valence-corrected chi connectivity index (χ3v) is 5.32. The summed E-state index contributed by atoms with van der Waals surface area (Å²) in [6.45, 7) is 5.69. The number of carbonyl (C=O) groups excluding carboxylic acids is 2. The van der Waals surface area contributed by atoms with Gasteiger partial charge in [0, 0.05) is 5.56 Å². The van der Waals surface area contributed by atoms with Gasteiger partial charge in [0.05, 0.1) is 5.92 Å². The number of benzene rings is 1. The second-order valence-electron chi connectivity index (χ2n) is 6.85. The molecule has 0 heterocycles. The summed E-state index contributed by atoms with van der Waals surface area (Å²) in [4.78, 5) is 23.8. The number of esters is 1. The molecule has 0 radical (unpaired) electrons. The van der Waals surface area contributed by atoms with Crippen LogP contribution in [0.2, 0.25) is 0 Å². The van der Waals surface area contributed by atoms with E-state index in [0.717, 1.165) is 5.92 Å². The van der Waals surface area contributed by atoms with Crippen LogP contribution < -0.4 is 4.74 Å². The topological polar surface area (TPSA) is 43.4 Å². The van der Waals surface area contributed by atoms with Gasteiger partial charge < -0.3 is 4.74 Å². The van der Waals surface area contributed by atoms with Gasteiger partial charge in [0.2, 0.25) is 0 Å². The van der Waals surface area contributed by atoms with Crippen molar-refractivity contribution in [2.45, 2.75) is 39.0 Å². The predicted octanol–water partition coefficient (Wildman–Crippen LogP) is 4.42. The first-order valence-corrected chi connectivity index (χ1v) is 8.62. The van der Waals surface area contributed by atoms with Gasteiger partial charge in [0.15, 0.2) is 5.78 Å². The highest BCUT2D eigenvalue weighted by Gasteiger charge is 2.60. The summed E-state index contributed by atoms with van der Waals surface area (Å²) in [6.07, 6.45) is 7.52. The Hall–Kier alpha value is -1.90. The number of ether oxygens (including phenoxy) is 1. The molecule has 2 unspecified atom stereocenters. The summed E-state index contributed by atoms with van der Waals surface area (Å²) in [5.74, 6) is 2.30. The van der Waals surface area contributed by atoms with Crippen molar-refractivity contribution in [1.29, 1.82) is 0 Å². The standard InChI is InChI=1S/C20H24O3/c1-3-5-6-13-11-16-17(12-13)19(16)20(22)23-15-9-7-14(8-10-15)18(21)4-2/h4,7-10,13,16-17,19H,2-3,5-6,11-12H2,1H3. The highest BCUT2D eigenvalue weighted by molar-refractivity contribution is 6.04. The first kappa shape index (κ1) is 16.0. The fourth-order valence-electron chi connectivity index (χ4n) is 4.02. The minimum Gasteiger partial charge on any atom is -0.426 e. The molecule has 2 atom stereocenters. The molecule has 0 aliphatic heterocycles. The van der Waals surface area contributed by atoms with Gasteiger partial charge in [0.25, 0.3) is 0 Å². The Labute approximate surface area is 137 Å². The van der Waals surface area contributed by atoms with E-state index in [1.807, 2.05) is 0 Å². The van der Waals surface area contributed by atoms with Crippen LogP contribution in [0.1, 0.15) is 49.4 Å². The molecule has 0 N–H and O–H groups in total. The summed E-state index contributed by atoms with van der Waals surface area (Å²) in [5, 5.41) is 0. The van der Waals surface area contributed by atoms with Crippen LogP contribution in [0.5, 0.6) is 5.75 Å². The van der Waals surface area contributed by atoms with E-state index in [-0.39, 0.29) is 17.7 Å². The van der Waals surface area contributed by atoms with E-state index in [1.165, 1.54) is 38.2 Å². The van der Waals surface area contributed by atoms with Gasteiger partial charge in [0.1, 0.15) is 5.75 Å². The van der Waals surface area contributed by atoms with Crippen LogP contribution in [0, 0.1) is 23.7 Å². The zero-order chi connectivity index (χ0) is 16.4. The van der Waals surface area contributed by atoms with Gasteiger partial charge in [-0.15, -0.1) is 0 Å². The van der Waals surface area contributed by atoms with Gasteiger partial charge in [-0.2, -0.15) is 0 Å². The van der Waals surface area contributed by atoms with Crippen molar-refractivity contribution in [3.63, 3.8) is 0 Å². The Morgan fingerprint density at radius 2 is 1.87 bits per heavy atom. The molecule has 23 heavy (non-hydrogen) atoms. The van der Waals surface area contributed by atoms with Gasteiger partial charge in [-0.25, -0.2) is 0 Å². The van der Waals surface area contributed by atoms with E-state index in [1.54, 1.807) is 24.3 Å². The first-order chi connectivity index (χ1) is 11.1. The molecule has 1 aromatic carbocycles. The van der Waals surface area contributed by atoms with Crippen molar-refractivity contribution in [1.82, 2.24) is 0 Å². The average Bonchev–Trinajstić information content (AvgIpc) is 3.08. The average molecular weight is 312 g/mol. The molecule has 0 spiro atoms. The van der Waals surface area contributed by atoms with Crippen molar-refractivity contribution < 1.29 is 14.3 Å². The maximum absolute atomic E-state index is 12.3. The third kappa shape index (κ3) is 3.39. The maximum atomic E-state index is 12.3. The fourth-order valence-corrected chi connectivity index (χ4v) is 4.02. The third-order valence-electron chi connectivity index (χ3n) is 5.32. The van der Waals surface area contributed by atoms with Crippen LogP contribution in [0.25, 0.3) is 0 Å². The van der Waals surface area contributed by atoms with E-state index in [4.69, 9.17) is 4.74 Å². The monoisotopic (exact) mass is 312 g/mol. The first-order valence-electron chi connectivity index (χ1n) is 8.62. The van der Waals surface area contributed by atoms with E-state index in [9.17, 15) is 9.59 Å². The zero-order valence-electron chi connectivity index (χ0n) is 13.7. The fraction of sp³-hybridized carbons (Fsp3) is 0.500. The Bertz CT molecular complexity index is 590. The minimum atomic E-state index is -0.127. The van der Waals surface area contributed by atoms with E-state index in [2.05, 4.69) is 13.5 Å². The molecule has 2 saturated carbocycles. The second-order valence-corrected chi connectivity index (χ2v) is 6.85. The Morgan fingerprint density at radius 3 is 2.43 bits per heavy atom. The van der Waals surface area contributed by atoms with Crippen LogP contribution in [-0.4, -0.2) is 11.8 Å². The molecule has 2 aliphatic rings. The summed E-state index contributed by atoms with van der Waals surface area (Å²) < 4.78 is 5.48. The summed E-state index contributed by atoms with van der Waals surface area (Å²) in [7, 11) is 0. The van der Waals surface area contributed by atoms with Gasteiger partial charge in [-0.05, 0) is 60.9 Å². The summed E-state index contributed by atoms with van der Waals surface area (Å²) in [6, 6.07) is 6.69. The Balaban J connectivity index is 1.50. The SMILES string of the molecule is C=CC(=O)c1ccc(OC(=O)C2C3CC(CCCC)CC32)cc1. The number of unbranched alkanes of at least 4 members (excludes halogenated alkanes) is 1. The minimum absolute atomic E-state index is 0.0994. The molecular weight excluding hydrogens is 288 g/mol. The Kier molecular flexibility index (Phi) is 4.65. The van der Waals surface area contributed by atoms with Crippen LogP contribution >= 0.6 is 0 Å². The lowest BCUT2D eigenvalue weighted by Gasteiger charge is -2.13. The predicted molar refractivity (Wildman–Crippen MR) is 89.3 cm³/mol. The molecule has 0 saturated heterocycles. The molecule has 0 amide bonds. The Morgan fingerprint density at radius 1 is 1.22 bits per heavy atom. The molecule has 3 nitrogen and oxygen atoms in total. The number of rotatable bonds is 7. The van der Waals surface area contributed by atoms with E-state index in [0.29, 0.717) is 23.1 Å². The number of allylic oxidation sites excluding steroid dienone is 1. The zero-order valence-corrected chi connectivity index (χ0v) is 13.7. The number of hydrogen-bond donors (Lipinski definition) is 0. The van der Waals surface area contributed by atoms with E-state index < -0.39 is 0 Å². The molecule has 0 aromatic heterocycles. The quantitative estimate of drug-likeness (QED) is 0.324. The van der Waals surface area contributed by atoms with E-state index >= 15 is 0 Å². The van der Waals surface area contributed by atoms with Gasteiger partial charge in [-0.3, -0.25) is 9.59 Å². The molecule has 3 heteroatoms. The lowest BCUT2D eigenvalue weighted by Crippen LogP contribution is -2.15. The number of ketones is 1. The van der Waals surface area contributed by atoms with Crippen molar-refractivity contribution in [3.8, 4) is 5.75 Å². The maximum Gasteiger partial charge on any atom is 0.314 e. The largest absolute Gasteiger partial charge is 0.426 e. The van der Waals surface area contributed by atoms with Crippen LogP contribution in [-0.2, 0) is 4.79 Å². The highest BCUT2D eigenvalue weighted by atomic mass is 16.5. The van der Waals surface area contributed by atoms with Crippen LogP contribution in [0.4, 0.5) is 0 Å². The number of carbonyl (C=O) groups is 2. The van der Waals surface area contributed by atoms with Crippen molar-refractivity contribution in [2.24, 2.45) is 23.7 Å². The molecule has 2 aliphatic carbocycles. The lowest BCUT2D eigenvalue weighted by molar-refractivity contribution is -0.136. The summed E-state index contributed by atoms with van der Waals surface area (Å²) >= 11 is 0. The molecule has 0 bridgehead atoms. The highest BCUT2D eigenvalue weighted by Crippen LogP contribution is 2.60. The van der Waals surface area contributed by atoms with Crippen molar-refractivity contribution in [3.05, 3.63) is 42.5 Å². The number of hydrogen-bond acceptors (Lipinski definition) is 3. The molecule has 122 valence electrons. The van der Waals surface area contributed by atoms with Crippen LogP contribution in [0.15, 0.2) is 36.9 Å².